The molecule has 5 nitrogen and oxygen atoms in total. The van der Waals surface area contributed by atoms with Gasteiger partial charge in [-0.3, -0.25) is 9.78 Å². The van der Waals surface area contributed by atoms with Crippen molar-refractivity contribution < 1.29 is 9.53 Å². The molecule has 4 rings (SSSR count). The highest BCUT2D eigenvalue weighted by atomic mass is 16.5. The largest absolute Gasteiger partial charge is 0.497 e. The fourth-order valence-corrected chi connectivity index (χ4v) is 2.88. The first kappa shape index (κ1) is 14.8. The van der Waals surface area contributed by atoms with Crippen LogP contribution in [0.15, 0.2) is 42.7 Å². The van der Waals surface area contributed by atoms with E-state index in [9.17, 15) is 4.79 Å². The Balaban J connectivity index is 1.46. The molecule has 1 fully saturated rings. The minimum atomic E-state index is -0.123. The molecule has 1 aromatic carbocycles. The van der Waals surface area contributed by atoms with E-state index in [1.165, 1.54) is 18.4 Å². The van der Waals surface area contributed by atoms with Crippen LogP contribution in [-0.4, -0.2) is 23.0 Å². The molecule has 2 heterocycles. The molecule has 1 aliphatic rings. The van der Waals surface area contributed by atoms with E-state index in [2.05, 4.69) is 21.4 Å². The molecule has 1 saturated carbocycles. The molecule has 0 bridgehead atoms. The number of hydrogen-bond donors (Lipinski definition) is 2. The van der Waals surface area contributed by atoms with Crippen LogP contribution in [0, 0.1) is 0 Å². The summed E-state index contributed by atoms with van der Waals surface area (Å²) in [6.07, 6.45) is 6.22. The van der Waals surface area contributed by atoms with E-state index in [1.54, 1.807) is 7.11 Å². The lowest BCUT2D eigenvalue weighted by Gasteiger charge is -2.05. The summed E-state index contributed by atoms with van der Waals surface area (Å²) in [5.74, 6) is 1.30. The Hall–Kier alpha value is -2.82. The van der Waals surface area contributed by atoms with Crippen molar-refractivity contribution >= 4 is 16.8 Å². The molecule has 0 atom stereocenters. The SMILES string of the molecule is COc1ccc2cc(C(=O)NCc3cncc(C4CC4)c3)[nH]c2c1. The van der Waals surface area contributed by atoms with Gasteiger partial charge in [0.25, 0.3) is 5.91 Å². The van der Waals surface area contributed by atoms with E-state index in [0.29, 0.717) is 18.2 Å². The van der Waals surface area contributed by atoms with Crippen molar-refractivity contribution in [1.29, 1.82) is 0 Å². The Labute approximate surface area is 140 Å². The number of hydrogen-bond acceptors (Lipinski definition) is 3. The van der Waals surface area contributed by atoms with Gasteiger partial charge in [-0.05, 0) is 48.1 Å². The quantitative estimate of drug-likeness (QED) is 0.757. The highest BCUT2D eigenvalue weighted by Gasteiger charge is 2.23. The van der Waals surface area contributed by atoms with Crippen molar-refractivity contribution in [3.05, 3.63) is 59.5 Å². The fraction of sp³-hybridized carbons (Fsp3) is 0.263. The summed E-state index contributed by atoms with van der Waals surface area (Å²) in [5.41, 5.74) is 3.74. The van der Waals surface area contributed by atoms with E-state index < -0.39 is 0 Å². The van der Waals surface area contributed by atoms with Gasteiger partial charge in [-0.25, -0.2) is 0 Å². The summed E-state index contributed by atoms with van der Waals surface area (Å²) < 4.78 is 5.21. The van der Waals surface area contributed by atoms with E-state index in [-0.39, 0.29) is 5.91 Å². The number of ether oxygens (including phenoxy) is 1. The van der Waals surface area contributed by atoms with Crippen LogP contribution >= 0.6 is 0 Å². The molecular weight excluding hydrogens is 302 g/mol. The number of benzene rings is 1. The zero-order valence-electron chi connectivity index (χ0n) is 13.5. The van der Waals surface area contributed by atoms with Crippen LogP contribution in [0.25, 0.3) is 10.9 Å². The predicted octanol–water partition coefficient (Wildman–Crippen LogP) is 3.38. The number of aromatic nitrogens is 2. The molecular formula is C19H19N3O2. The Morgan fingerprint density at radius 2 is 2.17 bits per heavy atom. The normalized spacial score (nSPS) is 13.9. The van der Waals surface area contributed by atoms with Gasteiger partial charge in [0.05, 0.1) is 7.11 Å². The van der Waals surface area contributed by atoms with Crippen LogP contribution in [0.1, 0.15) is 40.4 Å². The summed E-state index contributed by atoms with van der Waals surface area (Å²) >= 11 is 0. The average Bonchev–Trinajstić information content (AvgIpc) is 3.38. The van der Waals surface area contributed by atoms with Crippen molar-refractivity contribution in [1.82, 2.24) is 15.3 Å². The molecule has 0 saturated heterocycles. The molecule has 3 aromatic rings. The first-order valence-electron chi connectivity index (χ1n) is 8.12. The van der Waals surface area contributed by atoms with Gasteiger partial charge in [-0.15, -0.1) is 0 Å². The van der Waals surface area contributed by atoms with Crippen molar-refractivity contribution in [3.8, 4) is 5.75 Å². The first-order valence-corrected chi connectivity index (χ1v) is 8.12. The second kappa shape index (κ2) is 6.00. The minimum Gasteiger partial charge on any atom is -0.497 e. The third-order valence-electron chi connectivity index (χ3n) is 4.39. The van der Waals surface area contributed by atoms with Crippen molar-refractivity contribution in [2.45, 2.75) is 25.3 Å². The van der Waals surface area contributed by atoms with Crippen LogP contribution in [0.5, 0.6) is 5.75 Å². The topological polar surface area (TPSA) is 67.0 Å². The van der Waals surface area contributed by atoms with Gasteiger partial charge in [0.15, 0.2) is 0 Å². The van der Waals surface area contributed by atoms with Crippen molar-refractivity contribution in [2.75, 3.05) is 7.11 Å². The van der Waals surface area contributed by atoms with Crippen LogP contribution < -0.4 is 10.1 Å². The molecule has 2 aromatic heterocycles. The number of nitrogens with one attached hydrogen (secondary N) is 2. The molecule has 1 amide bonds. The average molecular weight is 321 g/mol. The molecule has 0 spiro atoms. The summed E-state index contributed by atoms with van der Waals surface area (Å²) in [6.45, 7) is 0.477. The Morgan fingerprint density at radius 1 is 1.29 bits per heavy atom. The van der Waals surface area contributed by atoms with Gasteiger partial charge in [-0.2, -0.15) is 0 Å². The minimum absolute atomic E-state index is 0.123. The highest BCUT2D eigenvalue weighted by Crippen LogP contribution is 2.39. The standard InChI is InChI=1S/C19H19N3O2/c1-24-16-5-4-14-7-18(22-17(14)8-16)19(23)21-10-12-6-15(11-20-9-12)13-2-3-13/h4-9,11,13,22H,2-3,10H2,1H3,(H,21,23). The van der Waals surface area contributed by atoms with Gasteiger partial charge in [0.2, 0.25) is 0 Å². The summed E-state index contributed by atoms with van der Waals surface area (Å²) in [5, 5.41) is 3.93. The third kappa shape index (κ3) is 2.97. The molecule has 5 heteroatoms. The summed E-state index contributed by atoms with van der Waals surface area (Å²) in [6, 6.07) is 9.69. The number of amides is 1. The molecule has 2 N–H and O–H groups in total. The maximum Gasteiger partial charge on any atom is 0.267 e. The molecule has 122 valence electrons. The molecule has 0 unspecified atom stereocenters. The van der Waals surface area contributed by atoms with Crippen LogP contribution in [0.3, 0.4) is 0 Å². The van der Waals surface area contributed by atoms with Crippen LogP contribution in [-0.2, 0) is 6.54 Å². The lowest BCUT2D eigenvalue weighted by molar-refractivity contribution is 0.0946. The van der Waals surface area contributed by atoms with Gasteiger partial charge in [0, 0.05) is 35.9 Å². The van der Waals surface area contributed by atoms with Crippen molar-refractivity contribution in [3.63, 3.8) is 0 Å². The first-order chi connectivity index (χ1) is 11.7. The zero-order chi connectivity index (χ0) is 16.5. The summed E-state index contributed by atoms with van der Waals surface area (Å²) in [4.78, 5) is 19.8. The second-order valence-corrected chi connectivity index (χ2v) is 6.22. The Morgan fingerprint density at radius 3 is 2.96 bits per heavy atom. The van der Waals surface area contributed by atoms with Gasteiger partial charge in [0.1, 0.15) is 11.4 Å². The van der Waals surface area contributed by atoms with Crippen LogP contribution in [0.4, 0.5) is 0 Å². The third-order valence-corrected chi connectivity index (χ3v) is 4.39. The number of carbonyl (C=O) groups is 1. The molecule has 24 heavy (non-hydrogen) atoms. The number of rotatable bonds is 5. The number of aromatic amines is 1. The number of carbonyl (C=O) groups excluding carboxylic acids is 1. The van der Waals surface area contributed by atoms with Gasteiger partial charge >= 0.3 is 0 Å². The summed E-state index contributed by atoms with van der Waals surface area (Å²) in [7, 11) is 1.63. The van der Waals surface area contributed by atoms with E-state index >= 15 is 0 Å². The Bertz CT molecular complexity index is 897. The van der Waals surface area contributed by atoms with Crippen LogP contribution in [0.2, 0.25) is 0 Å². The molecule has 0 radical (unpaired) electrons. The maximum atomic E-state index is 12.4. The molecule has 0 aliphatic heterocycles. The monoisotopic (exact) mass is 321 g/mol. The zero-order valence-corrected chi connectivity index (χ0v) is 13.5. The number of fused-ring (bicyclic) bond motifs is 1. The van der Waals surface area contributed by atoms with E-state index in [1.807, 2.05) is 36.7 Å². The maximum absolute atomic E-state index is 12.4. The number of methoxy groups -OCH3 is 1. The highest BCUT2D eigenvalue weighted by molar-refractivity contribution is 5.98. The lowest BCUT2D eigenvalue weighted by atomic mass is 10.1. The van der Waals surface area contributed by atoms with E-state index in [0.717, 1.165) is 22.2 Å². The van der Waals surface area contributed by atoms with Gasteiger partial charge in [-0.1, -0.05) is 6.07 Å². The lowest BCUT2D eigenvalue weighted by Crippen LogP contribution is -2.23. The number of nitrogens with zero attached hydrogens (tertiary/aromatic N) is 1. The Kier molecular flexibility index (Phi) is 3.69. The predicted molar refractivity (Wildman–Crippen MR) is 92.2 cm³/mol. The van der Waals surface area contributed by atoms with Crippen molar-refractivity contribution in [2.24, 2.45) is 0 Å². The number of H-pyrrole nitrogens is 1. The number of pyridine rings is 1. The fourth-order valence-electron chi connectivity index (χ4n) is 2.88. The molecule has 1 aliphatic carbocycles. The van der Waals surface area contributed by atoms with Gasteiger partial charge < -0.3 is 15.0 Å². The second-order valence-electron chi connectivity index (χ2n) is 6.22. The van der Waals surface area contributed by atoms with E-state index in [4.69, 9.17) is 4.74 Å². The smallest absolute Gasteiger partial charge is 0.267 e.